The summed E-state index contributed by atoms with van der Waals surface area (Å²) in [7, 11) is 6.17. The fourth-order valence-electron chi connectivity index (χ4n) is 2.98. The van der Waals surface area contributed by atoms with E-state index in [1.54, 1.807) is 45.6 Å². The molecule has 1 heterocycles. The first-order valence-electron chi connectivity index (χ1n) is 8.44. The summed E-state index contributed by atoms with van der Waals surface area (Å²) in [5.74, 6) is 1.91. The van der Waals surface area contributed by atoms with Gasteiger partial charge in [0.15, 0.2) is 17.3 Å². The predicted octanol–water partition coefficient (Wildman–Crippen LogP) is 3.38. The number of benzene rings is 2. The van der Waals surface area contributed by atoms with E-state index in [0.717, 1.165) is 11.1 Å². The minimum Gasteiger partial charge on any atom is -0.496 e. The lowest BCUT2D eigenvalue weighted by Gasteiger charge is -2.14. The van der Waals surface area contributed by atoms with E-state index in [9.17, 15) is 4.79 Å². The molecule has 0 unspecified atom stereocenters. The van der Waals surface area contributed by atoms with Crippen LogP contribution in [0.1, 0.15) is 17.3 Å². The van der Waals surface area contributed by atoms with E-state index in [4.69, 9.17) is 18.9 Å². The molecule has 0 aliphatic rings. The number of methoxy groups -OCH3 is 4. The van der Waals surface area contributed by atoms with Crippen molar-refractivity contribution in [3.63, 3.8) is 0 Å². The number of rotatable bonds is 7. The van der Waals surface area contributed by atoms with E-state index in [2.05, 4.69) is 15.4 Å². The van der Waals surface area contributed by atoms with Gasteiger partial charge in [0.05, 0.1) is 34.0 Å². The minimum absolute atomic E-state index is 0.100. The highest BCUT2D eigenvalue weighted by atomic mass is 16.5. The van der Waals surface area contributed by atoms with Crippen molar-refractivity contribution in [1.29, 1.82) is 0 Å². The Morgan fingerprint density at radius 1 is 0.786 bits per heavy atom. The summed E-state index contributed by atoms with van der Waals surface area (Å²) >= 11 is 0. The molecule has 0 saturated carbocycles. The lowest BCUT2D eigenvalue weighted by molar-refractivity contribution is 0.101. The lowest BCUT2D eigenvalue weighted by Crippen LogP contribution is -1.98. The largest absolute Gasteiger partial charge is 0.496 e. The molecule has 0 aliphatic heterocycles. The van der Waals surface area contributed by atoms with Gasteiger partial charge in [-0.05, 0) is 37.3 Å². The van der Waals surface area contributed by atoms with Gasteiger partial charge in [0, 0.05) is 11.1 Å². The average Bonchev–Trinajstić information content (AvgIpc) is 3.21. The molecule has 1 N–H and O–H groups in total. The number of carbonyl (C=O) groups excluding carboxylic acids is 1. The van der Waals surface area contributed by atoms with Crippen LogP contribution in [-0.4, -0.2) is 49.6 Å². The molecule has 8 heteroatoms. The highest BCUT2D eigenvalue weighted by Crippen LogP contribution is 2.42. The van der Waals surface area contributed by atoms with Gasteiger partial charge in [0.25, 0.3) is 0 Å². The second kappa shape index (κ2) is 7.99. The van der Waals surface area contributed by atoms with E-state index in [1.165, 1.54) is 14.0 Å². The molecule has 146 valence electrons. The quantitative estimate of drug-likeness (QED) is 0.625. The highest BCUT2D eigenvalue weighted by Gasteiger charge is 2.20. The molecule has 1 aromatic heterocycles. The van der Waals surface area contributed by atoms with E-state index in [-0.39, 0.29) is 5.78 Å². The zero-order valence-corrected chi connectivity index (χ0v) is 16.3. The molecule has 0 saturated heterocycles. The first-order chi connectivity index (χ1) is 13.5. The van der Waals surface area contributed by atoms with Crippen LogP contribution in [0.15, 0.2) is 30.3 Å². The number of aromatic amines is 1. The van der Waals surface area contributed by atoms with E-state index in [1.807, 2.05) is 6.07 Å². The summed E-state index contributed by atoms with van der Waals surface area (Å²) in [5, 5.41) is 11.2. The Labute approximate surface area is 162 Å². The van der Waals surface area contributed by atoms with Crippen LogP contribution in [-0.2, 0) is 0 Å². The summed E-state index contributed by atoms with van der Waals surface area (Å²) in [4.78, 5) is 12.0. The number of hydrogen-bond donors (Lipinski definition) is 1. The number of ether oxygens (including phenoxy) is 4. The van der Waals surface area contributed by atoms with Crippen LogP contribution in [0.3, 0.4) is 0 Å². The third kappa shape index (κ3) is 3.36. The molecule has 0 fully saturated rings. The fraction of sp³-hybridized carbons (Fsp3) is 0.250. The summed E-state index contributed by atoms with van der Waals surface area (Å²) in [6, 6.07) is 8.88. The summed E-state index contributed by atoms with van der Waals surface area (Å²) in [6.07, 6.45) is 0. The number of nitrogens with zero attached hydrogens (tertiary/aromatic N) is 2. The summed E-state index contributed by atoms with van der Waals surface area (Å²) < 4.78 is 21.5. The number of hydrogen-bond acceptors (Lipinski definition) is 7. The van der Waals surface area contributed by atoms with Crippen molar-refractivity contribution in [2.45, 2.75) is 6.92 Å². The first kappa shape index (κ1) is 19.2. The van der Waals surface area contributed by atoms with Crippen LogP contribution in [0, 0.1) is 0 Å². The number of ketones is 1. The monoisotopic (exact) mass is 383 g/mol. The SMILES string of the molecule is COc1ccc(-c2n[nH]nc2-c2cc(OC)c(OC)c(OC)c2)cc1C(C)=O. The summed E-state index contributed by atoms with van der Waals surface area (Å²) in [5.41, 5.74) is 3.08. The van der Waals surface area contributed by atoms with Crippen molar-refractivity contribution < 1.29 is 23.7 Å². The zero-order valence-electron chi connectivity index (χ0n) is 16.3. The molecule has 0 spiro atoms. The maximum atomic E-state index is 12.0. The molecule has 3 rings (SSSR count). The molecular formula is C20H21N3O5. The molecule has 2 aromatic carbocycles. The van der Waals surface area contributed by atoms with Crippen LogP contribution in [0.4, 0.5) is 0 Å². The Hall–Kier alpha value is -3.55. The van der Waals surface area contributed by atoms with Crippen LogP contribution >= 0.6 is 0 Å². The van der Waals surface area contributed by atoms with Gasteiger partial charge in [-0.2, -0.15) is 15.4 Å². The topological polar surface area (TPSA) is 95.6 Å². The normalized spacial score (nSPS) is 10.5. The number of nitrogens with one attached hydrogen (secondary N) is 1. The van der Waals surface area contributed by atoms with Crippen molar-refractivity contribution >= 4 is 5.78 Å². The second-order valence-electron chi connectivity index (χ2n) is 5.91. The average molecular weight is 383 g/mol. The smallest absolute Gasteiger partial charge is 0.203 e. The van der Waals surface area contributed by atoms with Gasteiger partial charge < -0.3 is 18.9 Å². The van der Waals surface area contributed by atoms with E-state index < -0.39 is 0 Å². The Morgan fingerprint density at radius 2 is 1.36 bits per heavy atom. The molecular weight excluding hydrogens is 362 g/mol. The molecule has 8 nitrogen and oxygen atoms in total. The van der Waals surface area contributed by atoms with Crippen molar-refractivity contribution in [3.05, 3.63) is 35.9 Å². The Kier molecular flexibility index (Phi) is 5.49. The summed E-state index contributed by atoms with van der Waals surface area (Å²) in [6.45, 7) is 1.49. The molecule has 28 heavy (non-hydrogen) atoms. The van der Waals surface area contributed by atoms with Crippen LogP contribution in [0.25, 0.3) is 22.5 Å². The second-order valence-corrected chi connectivity index (χ2v) is 5.91. The van der Waals surface area contributed by atoms with E-state index in [0.29, 0.717) is 39.9 Å². The number of H-pyrrole nitrogens is 1. The molecule has 0 atom stereocenters. The minimum atomic E-state index is -0.100. The molecule has 0 bridgehead atoms. The van der Waals surface area contributed by atoms with E-state index >= 15 is 0 Å². The van der Waals surface area contributed by atoms with Crippen LogP contribution in [0.2, 0.25) is 0 Å². The van der Waals surface area contributed by atoms with Crippen LogP contribution < -0.4 is 18.9 Å². The molecule has 0 aliphatic carbocycles. The highest BCUT2D eigenvalue weighted by molar-refractivity contribution is 5.98. The maximum Gasteiger partial charge on any atom is 0.203 e. The maximum absolute atomic E-state index is 12.0. The Balaban J connectivity index is 2.16. The predicted molar refractivity (Wildman–Crippen MR) is 103 cm³/mol. The molecule has 0 radical (unpaired) electrons. The molecule has 3 aromatic rings. The van der Waals surface area contributed by atoms with Gasteiger partial charge in [0.2, 0.25) is 5.75 Å². The van der Waals surface area contributed by atoms with Crippen LogP contribution in [0.5, 0.6) is 23.0 Å². The number of aromatic nitrogens is 3. The first-order valence-corrected chi connectivity index (χ1v) is 8.44. The third-order valence-electron chi connectivity index (χ3n) is 4.34. The van der Waals surface area contributed by atoms with Gasteiger partial charge in [-0.15, -0.1) is 0 Å². The van der Waals surface area contributed by atoms with Gasteiger partial charge in [-0.25, -0.2) is 0 Å². The van der Waals surface area contributed by atoms with Gasteiger partial charge in [0.1, 0.15) is 17.1 Å². The Morgan fingerprint density at radius 3 is 1.86 bits per heavy atom. The zero-order chi connectivity index (χ0) is 20.3. The van der Waals surface area contributed by atoms with Gasteiger partial charge in [-0.1, -0.05) is 0 Å². The third-order valence-corrected chi connectivity index (χ3v) is 4.34. The number of Topliss-reactive ketones (excluding diaryl/α,β-unsaturated/α-hetero) is 1. The van der Waals surface area contributed by atoms with Crippen molar-refractivity contribution in [2.24, 2.45) is 0 Å². The van der Waals surface area contributed by atoms with Crippen molar-refractivity contribution in [3.8, 4) is 45.5 Å². The van der Waals surface area contributed by atoms with Crippen molar-refractivity contribution in [2.75, 3.05) is 28.4 Å². The van der Waals surface area contributed by atoms with Crippen molar-refractivity contribution in [1.82, 2.24) is 15.4 Å². The standard InChI is InChI=1S/C20H21N3O5/c1-11(24)14-8-12(6-7-15(14)25-2)18-19(22-23-21-18)13-9-16(26-3)20(28-5)17(10-13)27-4/h6-10H,1-5H3,(H,21,22,23). The fourth-order valence-corrected chi connectivity index (χ4v) is 2.98. The van der Waals surface area contributed by atoms with Gasteiger partial charge in [-0.3, -0.25) is 4.79 Å². The Bertz CT molecular complexity index is 988. The number of carbonyl (C=O) groups is 1. The lowest BCUT2D eigenvalue weighted by atomic mass is 10.0. The van der Waals surface area contributed by atoms with Gasteiger partial charge >= 0.3 is 0 Å². The molecule has 0 amide bonds.